The number of rotatable bonds is 6. The molecule has 2 N–H and O–H groups in total. The standard InChI is InChI=1S/C19H26N4O2/c1-15-10-17(22-21-15)11-19(24)20-12-18-14-23(8-5-9-25-18)13-16-6-3-2-4-7-16/h2-4,6-7,10,18H,5,8-9,11-14H2,1H3,(H,20,24)(H,21,22)/t18-/m1/s1. The molecule has 0 saturated carbocycles. The van der Waals surface area contributed by atoms with Crippen LogP contribution < -0.4 is 5.32 Å². The fourth-order valence-electron chi connectivity index (χ4n) is 3.10. The Labute approximate surface area is 148 Å². The number of nitrogens with zero attached hydrogens (tertiary/aromatic N) is 2. The summed E-state index contributed by atoms with van der Waals surface area (Å²) in [7, 11) is 0. The summed E-state index contributed by atoms with van der Waals surface area (Å²) in [5, 5.41) is 9.93. The predicted molar refractivity (Wildman–Crippen MR) is 96.1 cm³/mol. The molecule has 0 unspecified atom stereocenters. The normalized spacial score (nSPS) is 18.7. The van der Waals surface area contributed by atoms with Crippen LogP contribution in [-0.2, 0) is 22.5 Å². The van der Waals surface area contributed by atoms with Crippen molar-refractivity contribution in [2.45, 2.75) is 32.4 Å². The van der Waals surface area contributed by atoms with Gasteiger partial charge in [-0.05, 0) is 25.0 Å². The van der Waals surface area contributed by atoms with Crippen LogP contribution in [0.25, 0.3) is 0 Å². The highest BCUT2D eigenvalue weighted by Crippen LogP contribution is 2.10. The van der Waals surface area contributed by atoms with E-state index in [9.17, 15) is 4.79 Å². The second-order valence-electron chi connectivity index (χ2n) is 6.59. The number of nitrogens with one attached hydrogen (secondary N) is 2. The van der Waals surface area contributed by atoms with Crippen LogP contribution in [0, 0.1) is 6.92 Å². The van der Waals surface area contributed by atoms with Crippen molar-refractivity contribution in [1.29, 1.82) is 0 Å². The van der Waals surface area contributed by atoms with Gasteiger partial charge >= 0.3 is 0 Å². The van der Waals surface area contributed by atoms with Crippen LogP contribution in [0.5, 0.6) is 0 Å². The highest BCUT2D eigenvalue weighted by molar-refractivity contribution is 5.78. The molecule has 1 aliphatic heterocycles. The van der Waals surface area contributed by atoms with Gasteiger partial charge < -0.3 is 10.1 Å². The van der Waals surface area contributed by atoms with Crippen LogP contribution in [0.15, 0.2) is 36.4 Å². The molecule has 1 aromatic carbocycles. The van der Waals surface area contributed by atoms with Gasteiger partial charge in [0.2, 0.25) is 5.91 Å². The van der Waals surface area contributed by atoms with E-state index < -0.39 is 0 Å². The lowest BCUT2D eigenvalue weighted by atomic mass is 10.2. The Morgan fingerprint density at radius 1 is 1.40 bits per heavy atom. The number of carbonyl (C=O) groups is 1. The SMILES string of the molecule is Cc1cc(CC(=O)NC[C@@H]2CN(Cc3ccccc3)CCCO2)n[nH]1. The largest absolute Gasteiger partial charge is 0.375 e. The van der Waals surface area contributed by atoms with Crippen LogP contribution >= 0.6 is 0 Å². The summed E-state index contributed by atoms with van der Waals surface area (Å²) in [5.74, 6) is -0.0195. The van der Waals surface area contributed by atoms with E-state index in [-0.39, 0.29) is 12.0 Å². The lowest BCUT2D eigenvalue weighted by molar-refractivity contribution is -0.121. The van der Waals surface area contributed by atoms with Crippen molar-refractivity contribution in [3.8, 4) is 0 Å². The Kier molecular flexibility index (Phi) is 6.19. The van der Waals surface area contributed by atoms with Gasteiger partial charge in [0.1, 0.15) is 0 Å². The molecular weight excluding hydrogens is 316 g/mol. The summed E-state index contributed by atoms with van der Waals surface area (Å²) < 4.78 is 5.90. The third-order valence-electron chi connectivity index (χ3n) is 4.31. The summed E-state index contributed by atoms with van der Waals surface area (Å²) >= 11 is 0. The van der Waals surface area contributed by atoms with Crippen molar-refractivity contribution < 1.29 is 9.53 Å². The molecule has 0 spiro atoms. The Hall–Kier alpha value is -2.18. The molecule has 0 bridgehead atoms. The lowest BCUT2D eigenvalue weighted by Gasteiger charge is -2.24. The maximum Gasteiger partial charge on any atom is 0.226 e. The fourth-order valence-corrected chi connectivity index (χ4v) is 3.10. The predicted octanol–water partition coefficient (Wildman–Crippen LogP) is 1.67. The molecule has 1 aliphatic rings. The minimum atomic E-state index is -0.0195. The van der Waals surface area contributed by atoms with Gasteiger partial charge in [0.05, 0.1) is 18.2 Å². The molecule has 1 aromatic heterocycles. The average Bonchev–Trinajstić information content (AvgIpc) is 2.88. The molecule has 134 valence electrons. The van der Waals surface area contributed by atoms with Gasteiger partial charge in [0, 0.05) is 38.5 Å². The van der Waals surface area contributed by atoms with Crippen molar-refractivity contribution in [2.24, 2.45) is 0 Å². The van der Waals surface area contributed by atoms with E-state index in [2.05, 4.69) is 44.7 Å². The zero-order valence-corrected chi connectivity index (χ0v) is 14.7. The van der Waals surface area contributed by atoms with Gasteiger partial charge in [0.15, 0.2) is 0 Å². The number of carbonyl (C=O) groups excluding carboxylic acids is 1. The molecule has 2 aromatic rings. The molecule has 1 saturated heterocycles. The number of hydrogen-bond donors (Lipinski definition) is 2. The summed E-state index contributed by atoms with van der Waals surface area (Å²) in [6.07, 6.45) is 1.34. The molecular formula is C19H26N4O2. The second-order valence-corrected chi connectivity index (χ2v) is 6.59. The summed E-state index contributed by atoms with van der Waals surface area (Å²) in [6.45, 7) is 5.97. The van der Waals surface area contributed by atoms with Gasteiger partial charge in [0.25, 0.3) is 0 Å². The third kappa shape index (κ3) is 5.69. The number of ether oxygens (including phenoxy) is 1. The Balaban J connectivity index is 1.46. The first-order valence-corrected chi connectivity index (χ1v) is 8.84. The maximum atomic E-state index is 12.1. The van der Waals surface area contributed by atoms with E-state index in [0.717, 1.165) is 44.0 Å². The van der Waals surface area contributed by atoms with Crippen LogP contribution in [0.3, 0.4) is 0 Å². The molecule has 25 heavy (non-hydrogen) atoms. The highest BCUT2D eigenvalue weighted by atomic mass is 16.5. The summed E-state index contributed by atoms with van der Waals surface area (Å²) in [6, 6.07) is 12.4. The van der Waals surface area contributed by atoms with Crippen LogP contribution in [-0.4, -0.2) is 53.3 Å². The van der Waals surface area contributed by atoms with Crippen LogP contribution in [0.2, 0.25) is 0 Å². The average molecular weight is 342 g/mol. The van der Waals surface area contributed by atoms with Crippen molar-refractivity contribution >= 4 is 5.91 Å². The van der Waals surface area contributed by atoms with Crippen molar-refractivity contribution in [1.82, 2.24) is 20.4 Å². The topological polar surface area (TPSA) is 70.2 Å². The maximum absolute atomic E-state index is 12.1. The quantitative estimate of drug-likeness (QED) is 0.838. The number of H-pyrrole nitrogens is 1. The molecule has 1 atom stereocenters. The third-order valence-corrected chi connectivity index (χ3v) is 4.31. The van der Waals surface area contributed by atoms with E-state index in [4.69, 9.17) is 4.74 Å². The Bertz CT molecular complexity index is 671. The fraction of sp³-hybridized carbons (Fsp3) is 0.474. The van der Waals surface area contributed by atoms with E-state index in [1.165, 1.54) is 5.56 Å². The molecule has 6 nitrogen and oxygen atoms in total. The second kappa shape index (κ2) is 8.78. The van der Waals surface area contributed by atoms with Crippen LogP contribution in [0.1, 0.15) is 23.4 Å². The first kappa shape index (κ1) is 17.6. The van der Waals surface area contributed by atoms with Crippen LogP contribution in [0.4, 0.5) is 0 Å². The van der Waals surface area contributed by atoms with Gasteiger partial charge in [-0.15, -0.1) is 0 Å². The summed E-state index contributed by atoms with van der Waals surface area (Å²) in [4.78, 5) is 14.5. The summed E-state index contributed by atoms with van der Waals surface area (Å²) in [5.41, 5.74) is 3.04. The van der Waals surface area contributed by atoms with E-state index in [0.29, 0.717) is 13.0 Å². The number of aromatic nitrogens is 2. The smallest absolute Gasteiger partial charge is 0.226 e. The zero-order valence-electron chi connectivity index (χ0n) is 14.7. The molecule has 0 aliphatic carbocycles. The van der Waals surface area contributed by atoms with E-state index >= 15 is 0 Å². The zero-order chi connectivity index (χ0) is 17.5. The van der Waals surface area contributed by atoms with Crippen molar-refractivity contribution in [3.63, 3.8) is 0 Å². The Morgan fingerprint density at radius 3 is 3.00 bits per heavy atom. The molecule has 1 amide bonds. The lowest BCUT2D eigenvalue weighted by Crippen LogP contribution is -2.40. The van der Waals surface area contributed by atoms with Gasteiger partial charge in [-0.3, -0.25) is 14.8 Å². The number of amides is 1. The first-order chi connectivity index (χ1) is 12.2. The molecule has 0 radical (unpaired) electrons. The van der Waals surface area contributed by atoms with Crippen molar-refractivity contribution in [2.75, 3.05) is 26.2 Å². The highest BCUT2D eigenvalue weighted by Gasteiger charge is 2.19. The number of hydrogen-bond acceptors (Lipinski definition) is 4. The van der Waals surface area contributed by atoms with Crippen molar-refractivity contribution in [3.05, 3.63) is 53.3 Å². The molecule has 6 heteroatoms. The minimum Gasteiger partial charge on any atom is -0.375 e. The van der Waals surface area contributed by atoms with Gasteiger partial charge in [-0.2, -0.15) is 5.10 Å². The number of benzene rings is 1. The molecule has 3 rings (SSSR count). The number of aryl methyl sites for hydroxylation is 1. The van der Waals surface area contributed by atoms with E-state index in [1.807, 2.05) is 19.1 Å². The monoisotopic (exact) mass is 342 g/mol. The Morgan fingerprint density at radius 2 is 2.24 bits per heavy atom. The minimum absolute atomic E-state index is 0.0195. The van der Waals surface area contributed by atoms with E-state index in [1.54, 1.807) is 0 Å². The van der Waals surface area contributed by atoms with Gasteiger partial charge in [-0.25, -0.2) is 0 Å². The first-order valence-electron chi connectivity index (χ1n) is 8.84. The molecule has 2 heterocycles. The molecule has 1 fully saturated rings. The number of aromatic amines is 1. The van der Waals surface area contributed by atoms with Gasteiger partial charge in [-0.1, -0.05) is 30.3 Å².